The Bertz CT molecular complexity index is 792. The number of rotatable bonds is 2. The number of benzene rings is 2. The van der Waals surface area contributed by atoms with Crippen LogP contribution >= 0.6 is 0 Å². The minimum Gasteiger partial charge on any atom is -0.545 e. The maximum atomic E-state index is 10.9. The smallest absolute Gasteiger partial charge is 0.0715 e. The summed E-state index contributed by atoms with van der Waals surface area (Å²) in [6, 6.07) is 13.7. The number of carbonyl (C=O) groups excluding carboxylic acids is 1. The highest BCUT2D eigenvalue weighted by Crippen LogP contribution is 2.50. The second kappa shape index (κ2) is 5.27. The van der Waals surface area contributed by atoms with Crippen LogP contribution in [-0.2, 0) is 0 Å². The summed E-state index contributed by atoms with van der Waals surface area (Å²) in [5.41, 5.74) is 5.18. The number of hydrogen-bond acceptors (Lipinski definition) is 3. The molecule has 0 saturated carbocycles. The summed E-state index contributed by atoms with van der Waals surface area (Å²) in [5.74, 6) is -0.232. The average molecular weight is 304 g/mol. The van der Waals surface area contributed by atoms with Crippen LogP contribution < -0.4 is 10.4 Å². The molecule has 2 aliphatic rings. The lowest BCUT2D eigenvalue weighted by molar-refractivity contribution is -0.255. The zero-order chi connectivity index (χ0) is 16.0. The Kier molecular flexibility index (Phi) is 3.22. The van der Waals surface area contributed by atoms with Crippen LogP contribution in [0.15, 0.2) is 54.6 Å². The van der Waals surface area contributed by atoms with Gasteiger partial charge in [0.15, 0.2) is 0 Å². The van der Waals surface area contributed by atoms with Gasteiger partial charge in [-0.15, -0.1) is 0 Å². The molecule has 1 aliphatic carbocycles. The molecule has 0 spiro atoms. The second-order valence-corrected chi connectivity index (χ2v) is 6.42. The van der Waals surface area contributed by atoms with Crippen molar-refractivity contribution in [3.63, 3.8) is 0 Å². The molecule has 116 valence electrons. The topological polar surface area (TPSA) is 52.2 Å². The highest BCUT2D eigenvalue weighted by molar-refractivity contribution is 5.85. The van der Waals surface area contributed by atoms with Gasteiger partial charge < -0.3 is 15.2 Å². The second-order valence-electron chi connectivity index (χ2n) is 6.42. The lowest BCUT2D eigenvalue weighted by Crippen LogP contribution is -2.29. The number of aromatic carboxylic acids is 1. The molecule has 3 nitrogen and oxygen atoms in total. The van der Waals surface area contributed by atoms with Crippen molar-refractivity contribution in [2.45, 2.75) is 25.3 Å². The van der Waals surface area contributed by atoms with Gasteiger partial charge in [-0.3, -0.25) is 0 Å². The Morgan fingerprint density at radius 1 is 1.17 bits per heavy atom. The number of carboxylic acid groups (broad SMARTS) is 1. The van der Waals surface area contributed by atoms with Crippen molar-refractivity contribution in [3.05, 3.63) is 76.9 Å². The van der Waals surface area contributed by atoms with E-state index in [0.717, 1.165) is 12.0 Å². The summed E-state index contributed by atoms with van der Waals surface area (Å²) in [6.45, 7) is 2.13. The highest BCUT2D eigenvalue weighted by Gasteiger charge is 2.38. The van der Waals surface area contributed by atoms with Crippen molar-refractivity contribution >= 4 is 11.7 Å². The van der Waals surface area contributed by atoms with E-state index in [9.17, 15) is 9.90 Å². The van der Waals surface area contributed by atoms with E-state index in [1.807, 2.05) is 12.1 Å². The molecule has 3 heteroatoms. The summed E-state index contributed by atoms with van der Waals surface area (Å²) >= 11 is 0. The highest BCUT2D eigenvalue weighted by atomic mass is 16.4. The van der Waals surface area contributed by atoms with E-state index in [2.05, 4.69) is 42.6 Å². The van der Waals surface area contributed by atoms with Crippen LogP contribution in [0.25, 0.3) is 0 Å². The first kappa shape index (κ1) is 14.1. The SMILES string of the molecule is Cc1cccc2c1N[C@H](c1ccc(C(=O)[O-])cc1)[C@H]1CC=C[C@@H]21. The van der Waals surface area contributed by atoms with Crippen molar-refractivity contribution in [2.75, 3.05) is 5.32 Å². The van der Waals surface area contributed by atoms with E-state index in [1.54, 1.807) is 12.1 Å². The third-order valence-electron chi connectivity index (χ3n) is 5.11. The van der Waals surface area contributed by atoms with Crippen LogP contribution in [0.1, 0.15) is 45.4 Å². The summed E-state index contributed by atoms with van der Waals surface area (Å²) < 4.78 is 0. The maximum Gasteiger partial charge on any atom is 0.0715 e. The third kappa shape index (κ3) is 2.24. The molecule has 0 bridgehead atoms. The molecule has 1 N–H and O–H groups in total. The van der Waals surface area contributed by atoms with E-state index < -0.39 is 5.97 Å². The van der Waals surface area contributed by atoms with E-state index in [-0.39, 0.29) is 11.6 Å². The molecule has 0 amide bonds. The van der Waals surface area contributed by atoms with Crippen molar-refractivity contribution in [2.24, 2.45) is 5.92 Å². The molecule has 1 aliphatic heterocycles. The minimum atomic E-state index is -1.13. The molecule has 2 aromatic rings. The van der Waals surface area contributed by atoms with Crippen LogP contribution in [0.2, 0.25) is 0 Å². The normalized spacial score (nSPS) is 24.7. The van der Waals surface area contributed by atoms with Crippen LogP contribution in [0.5, 0.6) is 0 Å². The number of carboxylic acids is 1. The van der Waals surface area contributed by atoms with Gasteiger partial charge in [0.2, 0.25) is 0 Å². The van der Waals surface area contributed by atoms with Crippen molar-refractivity contribution in [1.82, 2.24) is 0 Å². The van der Waals surface area contributed by atoms with Gasteiger partial charge in [0.25, 0.3) is 0 Å². The average Bonchev–Trinajstić information content (AvgIpc) is 3.04. The van der Waals surface area contributed by atoms with Crippen molar-refractivity contribution in [1.29, 1.82) is 0 Å². The van der Waals surface area contributed by atoms with Gasteiger partial charge in [0.05, 0.1) is 12.0 Å². The Labute approximate surface area is 135 Å². The summed E-state index contributed by atoms with van der Waals surface area (Å²) in [5, 5.41) is 14.6. The van der Waals surface area contributed by atoms with Gasteiger partial charge in [-0.05, 0) is 41.5 Å². The predicted octanol–water partition coefficient (Wildman–Crippen LogP) is 3.19. The third-order valence-corrected chi connectivity index (χ3v) is 5.11. The summed E-state index contributed by atoms with van der Waals surface area (Å²) in [6.07, 6.45) is 5.61. The Balaban J connectivity index is 1.75. The van der Waals surface area contributed by atoms with Crippen molar-refractivity contribution < 1.29 is 9.90 Å². The van der Waals surface area contributed by atoms with Gasteiger partial charge in [0, 0.05) is 11.6 Å². The Hall–Kier alpha value is -2.55. The zero-order valence-electron chi connectivity index (χ0n) is 13.0. The molecular weight excluding hydrogens is 286 g/mol. The summed E-state index contributed by atoms with van der Waals surface area (Å²) in [4.78, 5) is 10.9. The maximum absolute atomic E-state index is 10.9. The zero-order valence-corrected chi connectivity index (χ0v) is 13.0. The van der Waals surface area contributed by atoms with Gasteiger partial charge in [-0.1, -0.05) is 54.6 Å². The first-order valence-electron chi connectivity index (χ1n) is 7.99. The van der Waals surface area contributed by atoms with Gasteiger partial charge in [-0.2, -0.15) is 0 Å². The first-order valence-corrected chi connectivity index (χ1v) is 7.99. The number of aryl methyl sites for hydroxylation is 1. The van der Waals surface area contributed by atoms with Crippen LogP contribution in [0, 0.1) is 12.8 Å². The molecular formula is C20H18NO2-. The lowest BCUT2D eigenvalue weighted by atomic mass is 9.76. The molecule has 0 aromatic heterocycles. The molecule has 1 heterocycles. The van der Waals surface area contributed by atoms with Gasteiger partial charge in [-0.25, -0.2) is 0 Å². The fourth-order valence-electron chi connectivity index (χ4n) is 3.93. The monoisotopic (exact) mass is 304 g/mol. The largest absolute Gasteiger partial charge is 0.545 e. The van der Waals surface area contributed by atoms with E-state index in [0.29, 0.717) is 11.8 Å². The van der Waals surface area contributed by atoms with Crippen LogP contribution in [0.3, 0.4) is 0 Å². The molecule has 23 heavy (non-hydrogen) atoms. The van der Waals surface area contributed by atoms with E-state index in [4.69, 9.17) is 0 Å². The fourth-order valence-corrected chi connectivity index (χ4v) is 3.93. The number of anilines is 1. The Morgan fingerprint density at radius 2 is 1.96 bits per heavy atom. The van der Waals surface area contributed by atoms with Crippen molar-refractivity contribution in [3.8, 4) is 0 Å². The molecule has 3 atom stereocenters. The van der Waals surface area contributed by atoms with Gasteiger partial charge in [0.1, 0.15) is 0 Å². The fraction of sp³-hybridized carbons (Fsp3) is 0.250. The number of hydrogen-bond donors (Lipinski definition) is 1. The number of fused-ring (bicyclic) bond motifs is 3. The minimum absolute atomic E-state index is 0.194. The summed E-state index contributed by atoms with van der Waals surface area (Å²) in [7, 11) is 0. The van der Waals surface area contributed by atoms with E-state index in [1.165, 1.54) is 16.8 Å². The standard InChI is InChI=1S/C20H19NO2/c1-12-4-2-6-16-15-5-3-7-17(15)19(21-18(12)16)13-8-10-14(11-9-13)20(22)23/h2-6,8-11,15,17,19,21H,7H2,1H3,(H,22,23)/p-1/t15-,17-,19+/m0/s1. The molecule has 0 fully saturated rings. The predicted molar refractivity (Wildman–Crippen MR) is 88.3 cm³/mol. The number of nitrogens with one attached hydrogen (secondary N) is 1. The number of allylic oxidation sites excluding steroid dienone is 2. The molecule has 0 unspecified atom stereocenters. The number of para-hydroxylation sites is 1. The molecule has 4 rings (SSSR count). The van der Waals surface area contributed by atoms with Crippen LogP contribution in [0.4, 0.5) is 5.69 Å². The number of carbonyl (C=O) groups is 1. The van der Waals surface area contributed by atoms with E-state index >= 15 is 0 Å². The molecule has 0 saturated heterocycles. The molecule has 0 radical (unpaired) electrons. The lowest BCUT2D eigenvalue weighted by Gasteiger charge is -2.38. The van der Waals surface area contributed by atoms with Crippen LogP contribution in [-0.4, -0.2) is 5.97 Å². The first-order chi connectivity index (χ1) is 11.1. The molecule has 2 aromatic carbocycles. The van der Waals surface area contributed by atoms with Gasteiger partial charge >= 0.3 is 0 Å². The quantitative estimate of drug-likeness (QED) is 0.867. The Morgan fingerprint density at radius 3 is 2.70 bits per heavy atom.